The lowest BCUT2D eigenvalue weighted by atomic mass is 9.63. The van der Waals surface area contributed by atoms with Gasteiger partial charge in [-0.25, -0.2) is 0 Å². The first-order valence-electron chi connectivity index (χ1n) is 11.8. The largest absolute Gasteiger partial charge is 0.393 e. The summed E-state index contributed by atoms with van der Waals surface area (Å²) in [6.45, 7) is 4.05. The van der Waals surface area contributed by atoms with E-state index in [0.717, 1.165) is 12.8 Å². The second-order valence-corrected chi connectivity index (χ2v) is 10.3. The molecule has 4 heteroatoms. The molecule has 30 heavy (non-hydrogen) atoms. The Hall–Kier alpha value is -1.12. The van der Waals surface area contributed by atoms with Crippen molar-refractivity contribution in [3.8, 4) is 11.8 Å². The van der Waals surface area contributed by atoms with E-state index in [1.807, 2.05) is 0 Å². The first-order valence-corrected chi connectivity index (χ1v) is 11.8. The van der Waals surface area contributed by atoms with Crippen molar-refractivity contribution in [2.45, 2.75) is 115 Å². The van der Waals surface area contributed by atoms with Gasteiger partial charge < -0.3 is 20.1 Å². The van der Waals surface area contributed by atoms with Gasteiger partial charge in [-0.3, -0.25) is 0 Å². The SMILES string of the molecule is CC(C)(O)C#CCCOC1CCC2(CCC/C(=C\C=C3C[C@H](O)C[C@@H](O)C3)C2)CC1. The van der Waals surface area contributed by atoms with Crippen LogP contribution < -0.4 is 0 Å². The van der Waals surface area contributed by atoms with Crippen LogP contribution in [0.2, 0.25) is 0 Å². The molecule has 0 saturated heterocycles. The monoisotopic (exact) mass is 416 g/mol. The zero-order chi connectivity index (χ0) is 21.6. The number of hydrogen-bond donors (Lipinski definition) is 3. The molecule has 3 aliphatic carbocycles. The smallest absolute Gasteiger partial charge is 0.119 e. The van der Waals surface area contributed by atoms with Crippen molar-refractivity contribution in [2.75, 3.05) is 6.61 Å². The Morgan fingerprint density at radius 2 is 1.73 bits per heavy atom. The van der Waals surface area contributed by atoms with Crippen molar-refractivity contribution < 1.29 is 20.1 Å². The van der Waals surface area contributed by atoms with E-state index in [1.54, 1.807) is 13.8 Å². The van der Waals surface area contributed by atoms with Crippen LogP contribution in [0.3, 0.4) is 0 Å². The zero-order valence-electron chi connectivity index (χ0n) is 18.8. The van der Waals surface area contributed by atoms with Gasteiger partial charge in [-0.05, 0) is 89.9 Å². The lowest BCUT2D eigenvalue weighted by molar-refractivity contribution is -0.00691. The molecule has 3 saturated carbocycles. The fraction of sp³-hybridized carbons (Fsp3) is 0.769. The van der Waals surface area contributed by atoms with Crippen LogP contribution in [0, 0.1) is 17.3 Å². The molecule has 3 fully saturated rings. The first kappa shape index (κ1) is 23.5. The molecule has 3 N–H and O–H groups in total. The average Bonchev–Trinajstić information content (AvgIpc) is 2.66. The summed E-state index contributed by atoms with van der Waals surface area (Å²) in [6.07, 6.45) is 16.3. The average molecular weight is 417 g/mol. The standard InChI is InChI=1S/C26H40O4/c1-25(2,29)11-3-4-15-30-24-9-13-26(14-10-24)12-5-6-20(19-26)7-8-21-16-22(27)18-23(28)17-21/h7-8,22-24,27-29H,4-6,9-10,12-19H2,1-2H3/b20-7+/t22-,23-,24?,26?/m0/s1. The Bertz CT molecular complexity index is 668. The van der Waals surface area contributed by atoms with Crippen LogP contribution in [0.5, 0.6) is 0 Å². The van der Waals surface area contributed by atoms with Gasteiger partial charge in [0.05, 0.1) is 24.9 Å². The van der Waals surface area contributed by atoms with Crippen LogP contribution in [0.15, 0.2) is 23.3 Å². The number of aliphatic hydroxyl groups is 3. The van der Waals surface area contributed by atoms with Gasteiger partial charge in [0.2, 0.25) is 0 Å². The topological polar surface area (TPSA) is 69.9 Å². The van der Waals surface area contributed by atoms with Crippen LogP contribution in [0.4, 0.5) is 0 Å². The molecule has 0 aromatic rings. The molecule has 1 spiro atoms. The van der Waals surface area contributed by atoms with Crippen LogP contribution in [-0.2, 0) is 4.74 Å². The van der Waals surface area contributed by atoms with Gasteiger partial charge in [0.1, 0.15) is 5.60 Å². The molecule has 0 aromatic heterocycles. The van der Waals surface area contributed by atoms with E-state index < -0.39 is 17.8 Å². The molecule has 2 atom stereocenters. The van der Waals surface area contributed by atoms with Gasteiger partial charge >= 0.3 is 0 Å². The number of rotatable bonds is 4. The quantitative estimate of drug-likeness (QED) is 0.468. The fourth-order valence-electron chi connectivity index (χ4n) is 5.38. The molecule has 3 aliphatic rings. The van der Waals surface area contributed by atoms with E-state index in [2.05, 4.69) is 24.0 Å². The summed E-state index contributed by atoms with van der Waals surface area (Å²) in [6, 6.07) is 0. The van der Waals surface area contributed by atoms with Gasteiger partial charge in [0, 0.05) is 6.42 Å². The van der Waals surface area contributed by atoms with Gasteiger partial charge in [0.25, 0.3) is 0 Å². The second-order valence-electron chi connectivity index (χ2n) is 10.3. The number of hydrogen-bond acceptors (Lipinski definition) is 4. The van der Waals surface area contributed by atoms with Crippen molar-refractivity contribution in [2.24, 2.45) is 5.41 Å². The van der Waals surface area contributed by atoms with Crippen LogP contribution in [0.25, 0.3) is 0 Å². The van der Waals surface area contributed by atoms with Crippen LogP contribution in [0.1, 0.15) is 90.9 Å². The minimum atomic E-state index is -0.921. The molecule has 3 rings (SSSR count). The number of allylic oxidation sites excluding steroid dienone is 3. The van der Waals surface area contributed by atoms with E-state index in [0.29, 0.717) is 43.8 Å². The minimum Gasteiger partial charge on any atom is -0.393 e. The maximum absolute atomic E-state index is 9.89. The fourth-order valence-corrected chi connectivity index (χ4v) is 5.38. The van der Waals surface area contributed by atoms with E-state index >= 15 is 0 Å². The molecular weight excluding hydrogens is 376 g/mol. The Morgan fingerprint density at radius 3 is 2.40 bits per heavy atom. The highest BCUT2D eigenvalue weighted by atomic mass is 16.5. The highest BCUT2D eigenvalue weighted by Crippen LogP contribution is 2.49. The Labute approximate surface area is 182 Å². The van der Waals surface area contributed by atoms with Crippen LogP contribution in [-0.4, -0.2) is 45.8 Å². The predicted octanol–water partition coefficient (Wildman–Crippen LogP) is 4.43. The maximum Gasteiger partial charge on any atom is 0.119 e. The van der Waals surface area contributed by atoms with Gasteiger partial charge in [-0.15, -0.1) is 0 Å². The Balaban J connectivity index is 1.45. The zero-order valence-corrected chi connectivity index (χ0v) is 18.8. The Kier molecular flexibility index (Phi) is 8.21. The number of aliphatic hydroxyl groups excluding tert-OH is 2. The molecule has 0 radical (unpaired) electrons. The first-order chi connectivity index (χ1) is 14.2. The van der Waals surface area contributed by atoms with Crippen molar-refractivity contribution in [3.63, 3.8) is 0 Å². The van der Waals surface area contributed by atoms with E-state index in [4.69, 9.17) is 4.74 Å². The highest BCUT2D eigenvalue weighted by Gasteiger charge is 2.37. The molecule has 0 aliphatic heterocycles. The van der Waals surface area contributed by atoms with Gasteiger partial charge in [0.15, 0.2) is 0 Å². The molecule has 0 bridgehead atoms. The summed E-state index contributed by atoms with van der Waals surface area (Å²) in [5, 5.41) is 29.4. The lowest BCUT2D eigenvalue weighted by Gasteiger charge is -2.43. The third kappa shape index (κ3) is 7.54. The molecule has 0 unspecified atom stereocenters. The number of ether oxygens (including phenoxy) is 1. The third-order valence-corrected chi connectivity index (χ3v) is 6.87. The van der Waals surface area contributed by atoms with E-state index in [1.165, 1.54) is 49.7 Å². The van der Waals surface area contributed by atoms with E-state index in [-0.39, 0.29) is 0 Å². The minimum absolute atomic E-state index is 0.348. The molecule has 168 valence electrons. The summed E-state index contributed by atoms with van der Waals surface area (Å²) in [7, 11) is 0. The highest BCUT2D eigenvalue weighted by molar-refractivity contribution is 5.22. The summed E-state index contributed by atoms with van der Waals surface area (Å²) >= 11 is 0. The molecule has 0 heterocycles. The molecule has 0 aromatic carbocycles. The summed E-state index contributed by atoms with van der Waals surface area (Å²) in [4.78, 5) is 0. The normalized spacial score (nSPS) is 34.0. The van der Waals surface area contributed by atoms with Crippen molar-refractivity contribution in [1.82, 2.24) is 0 Å². The van der Waals surface area contributed by atoms with Gasteiger partial charge in [-0.2, -0.15) is 0 Å². The van der Waals surface area contributed by atoms with Crippen molar-refractivity contribution >= 4 is 0 Å². The summed E-state index contributed by atoms with van der Waals surface area (Å²) in [5.74, 6) is 5.84. The van der Waals surface area contributed by atoms with Crippen molar-refractivity contribution in [3.05, 3.63) is 23.3 Å². The van der Waals surface area contributed by atoms with Crippen LogP contribution >= 0.6 is 0 Å². The Morgan fingerprint density at radius 1 is 1.07 bits per heavy atom. The third-order valence-electron chi connectivity index (χ3n) is 6.87. The summed E-state index contributed by atoms with van der Waals surface area (Å²) < 4.78 is 6.05. The maximum atomic E-state index is 9.89. The predicted molar refractivity (Wildman–Crippen MR) is 120 cm³/mol. The lowest BCUT2D eigenvalue weighted by Crippen LogP contribution is -2.33. The van der Waals surface area contributed by atoms with Gasteiger partial charge in [-0.1, -0.05) is 35.1 Å². The molecule has 0 amide bonds. The summed E-state index contributed by atoms with van der Waals surface area (Å²) in [5.41, 5.74) is 2.23. The molecule has 4 nitrogen and oxygen atoms in total. The van der Waals surface area contributed by atoms with Crippen molar-refractivity contribution in [1.29, 1.82) is 0 Å². The second kappa shape index (κ2) is 10.5. The van der Waals surface area contributed by atoms with E-state index in [9.17, 15) is 15.3 Å². The molecular formula is C26H40O4.